The number of aryl methyl sites for hydroxylation is 1. The number of hydrogen-bond donors (Lipinski definition) is 1. The van der Waals surface area contributed by atoms with E-state index in [-0.39, 0.29) is 12.2 Å². The number of halogens is 1. The number of aliphatic hydroxyl groups excluding tert-OH is 1. The van der Waals surface area contributed by atoms with Crippen LogP contribution >= 0.6 is 0 Å². The van der Waals surface area contributed by atoms with Crippen molar-refractivity contribution < 1.29 is 18.8 Å². The second-order valence-electron chi connectivity index (χ2n) is 6.00. The molecule has 1 aromatic rings. The van der Waals surface area contributed by atoms with E-state index in [1.165, 1.54) is 6.07 Å². The van der Waals surface area contributed by atoms with E-state index >= 15 is 0 Å². The van der Waals surface area contributed by atoms with Crippen LogP contribution in [0.5, 0.6) is 0 Å². The van der Waals surface area contributed by atoms with Crippen molar-refractivity contribution in [2.45, 2.75) is 52.4 Å². The lowest BCUT2D eigenvalue weighted by Gasteiger charge is -2.32. The second-order valence-corrected chi connectivity index (χ2v) is 6.00. The molecule has 2 rings (SSSR count). The molecule has 0 unspecified atom stereocenters. The topological polar surface area (TPSA) is 38.7 Å². The molecule has 0 aromatic heterocycles. The molecule has 1 aromatic carbocycles. The summed E-state index contributed by atoms with van der Waals surface area (Å²) in [5, 5.41) is 9.39. The van der Waals surface area contributed by atoms with E-state index in [9.17, 15) is 9.50 Å². The van der Waals surface area contributed by atoms with Gasteiger partial charge in [0.1, 0.15) is 5.82 Å². The predicted octanol–water partition coefficient (Wildman–Crippen LogP) is 1.93. The van der Waals surface area contributed by atoms with Crippen LogP contribution in [0.25, 0.3) is 0 Å². The van der Waals surface area contributed by atoms with Gasteiger partial charge in [-0.2, -0.15) is 0 Å². The van der Waals surface area contributed by atoms with Gasteiger partial charge in [-0.1, -0.05) is 11.6 Å². The summed E-state index contributed by atoms with van der Waals surface area (Å²) < 4.78 is 25.7. The standard InChI is InChI=1S/C14H20BFO3/c1-9-6-7-11(16)10(8-17)12(9)15-18-13(2,3)14(4,5)19-15/h6-7,17H,8H2,1-5H3. The van der Waals surface area contributed by atoms with E-state index in [4.69, 9.17) is 9.31 Å². The van der Waals surface area contributed by atoms with Crippen LogP contribution in [0.1, 0.15) is 38.8 Å². The Bertz CT molecular complexity index is 484. The van der Waals surface area contributed by atoms with Crippen LogP contribution in [-0.2, 0) is 15.9 Å². The smallest absolute Gasteiger partial charge is 0.399 e. The zero-order chi connectivity index (χ0) is 14.4. The molecule has 5 heteroatoms. The normalized spacial score (nSPS) is 20.9. The summed E-state index contributed by atoms with van der Waals surface area (Å²) in [4.78, 5) is 0. The highest BCUT2D eigenvalue weighted by Gasteiger charge is 2.52. The highest BCUT2D eigenvalue weighted by Crippen LogP contribution is 2.37. The zero-order valence-electron chi connectivity index (χ0n) is 12.1. The molecule has 0 atom stereocenters. The Kier molecular flexibility index (Phi) is 3.50. The summed E-state index contributed by atoms with van der Waals surface area (Å²) in [5.74, 6) is -0.433. The van der Waals surface area contributed by atoms with Crippen molar-refractivity contribution in [2.75, 3.05) is 0 Å². The van der Waals surface area contributed by atoms with Gasteiger partial charge in [-0.15, -0.1) is 0 Å². The number of rotatable bonds is 2. The third-order valence-corrected chi connectivity index (χ3v) is 4.16. The third-order valence-electron chi connectivity index (χ3n) is 4.16. The van der Waals surface area contributed by atoms with Crippen molar-refractivity contribution in [3.05, 3.63) is 29.1 Å². The first-order chi connectivity index (χ1) is 8.69. The minimum atomic E-state index is -0.650. The Morgan fingerprint density at radius 2 is 1.68 bits per heavy atom. The summed E-state index contributed by atoms with van der Waals surface area (Å²) in [6.07, 6.45) is 0. The monoisotopic (exact) mass is 266 g/mol. The Labute approximate surface area is 113 Å². The highest BCUT2D eigenvalue weighted by molar-refractivity contribution is 6.63. The van der Waals surface area contributed by atoms with Crippen molar-refractivity contribution >= 4 is 12.6 Å². The van der Waals surface area contributed by atoms with E-state index in [0.29, 0.717) is 5.46 Å². The maximum Gasteiger partial charge on any atom is 0.495 e. The maximum atomic E-state index is 13.8. The highest BCUT2D eigenvalue weighted by atomic mass is 19.1. The third kappa shape index (κ3) is 2.31. The van der Waals surface area contributed by atoms with Crippen molar-refractivity contribution in [3.63, 3.8) is 0 Å². The lowest BCUT2D eigenvalue weighted by Crippen LogP contribution is -2.41. The van der Waals surface area contributed by atoms with Crippen molar-refractivity contribution in [2.24, 2.45) is 0 Å². The number of benzene rings is 1. The molecule has 0 radical (unpaired) electrons. The fourth-order valence-electron chi connectivity index (χ4n) is 2.20. The second kappa shape index (κ2) is 4.58. The molecule has 3 nitrogen and oxygen atoms in total. The van der Waals surface area contributed by atoms with Crippen LogP contribution in [0.2, 0.25) is 0 Å². The fourth-order valence-corrected chi connectivity index (χ4v) is 2.20. The van der Waals surface area contributed by atoms with Crippen LogP contribution in [0.3, 0.4) is 0 Å². The van der Waals surface area contributed by atoms with Gasteiger partial charge in [0.05, 0.1) is 17.8 Å². The SMILES string of the molecule is Cc1ccc(F)c(CO)c1B1OC(C)(C)C(C)(C)O1. The van der Waals surface area contributed by atoms with Crippen LogP contribution in [-0.4, -0.2) is 23.4 Å². The molecule has 19 heavy (non-hydrogen) atoms. The predicted molar refractivity (Wildman–Crippen MR) is 72.8 cm³/mol. The molecular weight excluding hydrogens is 246 g/mol. The van der Waals surface area contributed by atoms with E-state index in [1.807, 2.05) is 34.6 Å². The summed E-state index contributed by atoms with van der Waals surface area (Å²) >= 11 is 0. The van der Waals surface area contributed by atoms with E-state index in [1.54, 1.807) is 6.07 Å². The van der Waals surface area contributed by atoms with Gasteiger partial charge in [0.25, 0.3) is 0 Å². The Morgan fingerprint density at radius 1 is 1.16 bits per heavy atom. The van der Waals surface area contributed by atoms with Crippen LogP contribution in [0, 0.1) is 12.7 Å². The van der Waals surface area contributed by atoms with Crippen molar-refractivity contribution in [1.29, 1.82) is 0 Å². The lowest BCUT2D eigenvalue weighted by atomic mass is 9.73. The van der Waals surface area contributed by atoms with Crippen LogP contribution in [0.4, 0.5) is 4.39 Å². The molecule has 1 N–H and O–H groups in total. The zero-order valence-corrected chi connectivity index (χ0v) is 12.1. The van der Waals surface area contributed by atoms with Crippen LogP contribution in [0.15, 0.2) is 12.1 Å². The number of aliphatic hydroxyl groups is 1. The van der Waals surface area contributed by atoms with Crippen LogP contribution < -0.4 is 5.46 Å². The quantitative estimate of drug-likeness (QED) is 0.831. The largest absolute Gasteiger partial charge is 0.495 e. The van der Waals surface area contributed by atoms with Gasteiger partial charge in [0.2, 0.25) is 0 Å². The maximum absolute atomic E-state index is 13.8. The summed E-state index contributed by atoms with van der Waals surface area (Å²) in [6, 6.07) is 3.03. The summed E-state index contributed by atoms with van der Waals surface area (Å²) in [5.41, 5.74) is 0.732. The average molecular weight is 266 g/mol. The Balaban J connectivity index is 2.48. The molecule has 1 fully saturated rings. The van der Waals surface area contributed by atoms with Gasteiger partial charge >= 0.3 is 7.12 Å². The minimum absolute atomic E-state index is 0.249. The van der Waals surface area contributed by atoms with E-state index in [2.05, 4.69) is 0 Å². The molecule has 1 saturated heterocycles. The molecule has 0 saturated carbocycles. The van der Waals surface area contributed by atoms with E-state index in [0.717, 1.165) is 5.56 Å². The Morgan fingerprint density at radius 3 is 2.16 bits per heavy atom. The molecule has 1 aliphatic rings. The van der Waals surface area contributed by atoms with Gasteiger partial charge in [-0.3, -0.25) is 0 Å². The molecule has 0 aliphatic carbocycles. The molecular formula is C14H20BFO3. The van der Waals surface area contributed by atoms with Gasteiger partial charge < -0.3 is 14.4 Å². The van der Waals surface area contributed by atoms with Crippen molar-refractivity contribution in [1.82, 2.24) is 0 Å². The molecule has 0 amide bonds. The molecule has 0 spiro atoms. The molecule has 1 heterocycles. The first kappa shape index (κ1) is 14.5. The van der Waals surface area contributed by atoms with Gasteiger partial charge in [-0.05, 0) is 46.1 Å². The Hall–Kier alpha value is -0.905. The molecule has 1 aliphatic heterocycles. The molecule has 104 valence electrons. The van der Waals surface area contributed by atoms with Gasteiger partial charge in [-0.25, -0.2) is 4.39 Å². The lowest BCUT2D eigenvalue weighted by molar-refractivity contribution is 0.00578. The minimum Gasteiger partial charge on any atom is -0.399 e. The van der Waals surface area contributed by atoms with E-state index < -0.39 is 24.1 Å². The summed E-state index contributed by atoms with van der Waals surface area (Å²) in [6.45, 7) is 9.27. The first-order valence-corrected chi connectivity index (χ1v) is 6.44. The van der Waals surface area contributed by atoms with Gasteiger partial charge in [0.15, 0.2) is 0 Å². The van der Waals surface area contributed by atoms with Crippen molar-refractivity contribution in [3.8, 4) is 0 Å². The summed E-state index contributed by atoms with van der Waals surface area (Å²) in [7, 11) is -0.650. The molecule has 0 bridgehead atoms. The average Bonchev–Trinajstić information content (AvgIpc) is 2.50. The van der Waals surface area contributed by atoms with Gasteiger partial charge in [0, 0.05) is 5.56 Å². The first-order valence-electron chi connectivity index (χ1n) is 6.44. The fraction of sp³-hybridized carbons (Fsp3) is 0.571. The number of hydrogen-bond acceptors (Lipinski definition) is 3.